The standard InChI is InChI=1S/C27H32N2O5/c1-5-17-34-21-13-11-19(12-14-21)24-23(25(30)20-9-7-10-22(18-20)33-6-2)26(31)27(32)29(24)16-8-15-28(3)4/h5,7,9-14,18,24,30H,1,6,8,15-17H2,2-4H3. The number of amides is 1. The molecule has 7 heteroatoms. The number of rotatable bonds is 11. The highest BCUT2D eigenvalue weighted by molar-refractivity contribution is 6.46. The molecule has 2 aromatic carbocycles. The van der Waals surface area contributed by atoms with Gasteiger partial charge in [0.1, 0.15) is 23.9 Å². The van der Waals surface area contributed by atoms with Gasteiger partial charge in [0.2, 0.25) is 0 Å². The molecule has 0 aromatic heterocycles. The molecule has 0 radical (unpaired) electrons. The number of likely N-dealkylation sites (tertiary alicyclic amines) is 1. The van der Waals surface area contributed by atoms with E-state index in [0.717, 1.165) is 12.1 Å². The summed E-state index contributed by atoms with van der Waals surface area (Å²) >= 11 is 0. The second-order valence-electron chi connectivity index (χ2n) is 8.28. The van der Waals surface area contributed by atoms with Crippen molar-refractivity contribution in [2.75, 3.05) is 40.4 Å². The van der Waals surface area contributed by atoms with E-state index in [9.17, 15) is 14.7 Å². The third kappa shape index (κ3) is 5.66. The lowest BCUT2D eigenvalue weighted by Gasteiger charge is -2.26. The molecule has 34 heavy (non-hydrogen) atoms. The first-order chi connectivity index (χ1) is 16.4. The van der Waals surface area contributed by atoms with E-state index in [2.05, 4.69) is 6.58 Å². The quantitative estimate of drug-likeness (QED) is 0.234. The first-order valence-corrected chi connectivity index (χ1v) is 11.4. The lowest BCUT2D eigenvalue weighted by molar-refractivity contribution is -0.139. The van der Waals surface area contributed by atoms with Crippen LogP contribution in [0.3, 0.4) is 0 Å². The summed E-state index contributed by atoms with van der Waals surface area (Å²) in [6, 6.07) is 13.4. The van der Waals surface area contributed by atoms with Crippen molar-refractivity contribution < 1.29 is 24.2 Å². The average molecular weight is 465 g/mol. The second-order valence-corrected chi connectivity index (χ2v) is 8.28. The third-order valence-electron chi connectivity index (χ3n) is 5.53. The Hall–Kier alpha value is -3.58. The van der Waals surface area contributed by atoms with E-state index in [1.165, 1.54) is 0 Å². The molecule has 0 saturated carbocycles. The number of hydrogen-bond donors (Lipinski definition) is 1. The maximum absolute atomic E-state index is 13.1. The predicted octanol–water partition coefficient (Wildman–Crippen LogP) is 4.02. The van der Waals surface area contributed by atoms with Crippen molar-refractivity contribution in [1.29, 1.82) is 0 Å². The third-order valence-corrected chi connectivity index (χ3v) is 5.53. The topological polar surface area (TPSA) is 79.3 Å². The second kappa shape index (κ2) is 11.5. The fourth-order valence-corrected chi connectivity index (χ4v) is 3.97. The summed E-state index contributed by atoms with van der Waals surface area (Å²) < 4.78 is 11.1. The summed E-state index contributed by atoms with van der Waals surface area (Å²) in [5.74, 6) is -0.295. The van der Waals surface area contributed by atoms with E-state index in [-0.39, 0.29) is 11.3 Å². The Bertz CT molecular complexity index is 1060. The van der Waals surface area contributed by atoms with E-state index in [0.29, 0.717) is 43.2 Å². The number of benzene rings is 2. The molecule has 0 aliphatic carbocycles. The number of aliphatic hydroxyl groups excluding tert-OH is 1. The summed E-state index contributed by atoms with van der Waals surface area (Å²) in [7, 11) is 3.91. The van der Waals surface area contributed by atoms with Gasteiger partial charge in [-0.05, 0) is 63.8 Å². The van der Waals surface area contributed by atoms with E-state index < -0.39 is 17.7 Å². The normalized spacial score (nSPS) is 17.3. The zero-order chi connectivity index (χ0) is 24.7. The predicted molar refractivity (Wildman–Crippen MR) is 132 cm³/mol. The minimum Gasteiger partial charge on any atom is -0.507 e. The number of Topliss-reactive ketones (excluding diaryl/α,β-unsaturated/α-hetero) is 1. The lowest BCUT2D eigenvalue weighted by Crippen LogP contribution is -2.32. The molecule has 2 aromatic rings. The molecule has 1 aliphatic heterocycles. The minimum atomic E-state index is -0.702. The van der Waals surface area contributed by atoms with E-state index in [1.54, 1.807) is 47.4 Å². The highest BCUT2D eigenvalue weighted by Gasteiger charge is 2.45. The molecule has 3 rings (SSSR count). The van der Waals surface area contributed by atoms with Gasteiger partial charge >= 0.3 is 0 Å². The SMILES string of the molecule is C=CCOc1ccc(C2C(=C(O)c3cccc(OCC)c3)C(=O)C(=O)N2CCCN(C)C)cc1. The summed E-state index contributed by atoms with van der Waals surface area (Å²) in [6.45, 7) is 7.51. The van der Waals surface area contributed by atoms with E-state index in [4.69, 9.17) is 9.47 Å². The van der Waals surface area contributed by atoms with Gasteiger partial charge in [-0.3, -0.25) is 9.59 Å². The molecule has 1 aliphatic rings. The highest BCUT2D eigenvalue weighted by atomic mass is 16.5. The molecule has 0 spiro atoms. The van der Waals surface area contributed by atoms with E-state index in [1.807, 2.05) is 38.1 Å². The Kier molecular flexibility index (Phi) is 8.49. The Morgan fingerprint density at radius 1 is 1.12 bits per heavy atom. The smallest absolute Gasteiger partial charge is 0.295 e. The maximum Gasteiger partial charge on any atom is 0.295 e. The van der Waals surface area contributed by atoms with Crippen LogP contribution in [0.1, 0.15) is 30.5 Å². The number of nitrogens with zero attached hydrogens (tertiary/aromatic N) is 2. The van der Waals surface area contributed by atoms with Crippen LogP contribution < -0.4 is 9.47 Å². The molecule has 1 amide bonds. The number of hydrogen-bond acceptors (Lipinski definition) is 6. The summed E-state index contributed by atoms with van der Waals surface area (Å²) in [5.41, 5.74) is 1.22. The molecule has 1 atom stereocenters. The van der Waals surface area contributed by atoms with Crippen molar-refractivity contribution in [3.05, 3.63) is 77.9 Å². The zero-order valence-electron chi connectivity index (χ0n) is 20.0. The van der Waals surface area contributed by atoms with Gasteiger partial charge in [-0.2, -0.15) is 0 Å². The van der Waals surface area contributed by atoms with Gasteiger partial charge < -0.3 is 24.4 Å². The van der Waals surface area contributed by atoms with Crippen LogP contribution in [0.5, 0.6) is 11.5 Å². The van der Waals surface area contributed by atoms with Crippen molar-refractivity contribution in [1.82, 2.24) is 9.80 Å². The Morgan fingerprint density at radius 2 is 1.85 bits per heavy atom. The maximum atomic E-state index is 13.1. The van der Waals surface area contributed by atoms with Crippen LogP contribution in [0.15, 0.2) is 66.8 Å². The van der Waals surface area contributed by atoms with Crippen molar-refractivity contribution in [2.24, 2.45) is 0 Å². The van der Waals surface area contributed by atoms with Crippen LogP contribution in [0.4, 0.5) is 0 Å². The first-order valence-electron chi connectivity index (χ1n) is 11.4. The first kappa shape index (κ1) is 25.1. The van der Waals surface area contributed by atoms with Gasteiger partial charge in [0.15, 0.2) is 0 Å². The average Bonchev–Trinajstić information content (AvgIpc) is 3.08. The Balaban J connectivity index is 2.05. The molecule has 1 fully saturated rings. The number of ether oxygens (including phenoxy) is 2. The monoisotopic (exact) mass is 464 g/mol. The van der Waals surface area contributed by atoms with E-state index >= 15 is 0 Å². The fraction of sp³-hybridized carbons (Fsp3) is 0.333. The molecular weight excluding hydrogens is 432 g/mol. The molecule has 1 saturated heterocycles. The molecule has 1 N–H and O–H groups in total. The van der Waals surface area contributed by atoms with Crippen LogP contribution in [-0.4, -0.2) is 67.0 Å². The molecule has 1 unspecified atom stereocenters. The van der Waals surface area contributed by atoms with Crippen molar-refractivity contribution in [2.45, 2.75) is 19.4 Å². The van der Waals surface area contributed by atoms with Gasteiger partial charge in [0.05, 0.1) is 18.2 Å². The summed E-state index contributed by atoms with van der Waals surface area (Å²) in [4.78, 5) is 29.8. The van der Waals surface area contributed by atoms with Crippen LogP contribution in [-0.2, 0) is 9.59 Å². The minimum absolute atomic E-state index is 0.0725. The van der Waals surface area contributed by atoms with Gasteiger partial charge in [0.25, 0.3) is 11.7 Å². The van der Waals surface area contributed by atoms with Gasteiger partial charge in [-0.15, -0.1) is 0 Å². The Morgan fingerprint density at radius 3 is 2.50 bits per heavy atom. The fourth-order valence-electron chi connectivity index (χ4n) is 3.97. The van der Waals surface area contributed by atoms with Gasteiger partial charge in [-0.25, -0.2) is 0 Å². The molecular formula is C27H32N2O5. The molecule has 0 bridgehead atoms. The molecule has 7 nitrogen and oxygen atoms in total. The summed E-state index contributed by atoms with van der Waals surface area (Å²) in [5, 5.41) is 11.2. The van der Waals surface area contributed by atoms with Crippen LogP contribution in [0, 0.1) is 0 Å². The van der Waals surface area contributed by atoms with Crippen molar-refractivity contribution >= 4 is 17.4 Å². The van der Waals surface area contributed by atoms with Gasteiger partial charge in [-0.1, -0.05) is 36.9 Å². The number of aliphatic hydroxyl groups is 1. The molecule has 180 valence electrons. The Labute approximate surface area is 200 Å². The van der Waals surface area contributed by atoms with Crippen LogP contribution in [0.25, 0.3) is 5.76 Å². The number of ketones is 1. The van der Waals surface area contributed by atoms with Crippen LogP contribution in [0.2, 0.25) is 0 Å². The van der Waals surface area contributed by atoms with Crippen LogP contribution >= 0.6 is 0 Å². The highest BCUT2D eigenvalue weighted by Crippen LogP contribution is 2.40. The summed E-state index contributed by atoms with van der Waals surface area (Å²) in [6.07, 6.45) is 2.35. The van der Waals surface area contributed by atoms with Crippen molar-refractivity contribution in [3.8, 4) is 11.5 Å². The van der Waals surface area contributed by atoms with Gasteiger partial charge in [0, 0.05) is 12.1 Å². The zero-order valence-corrected chi connectivity index (χ0v) is 20.0. The molecule has 1 heterocycles. The number of carbonyl (C=O) groups excluding carboxylic acids is 2. The lowest BCUT2D eigenvalue weighted by atomic mass is 9.95. The largest absolute Gasteiger partial charge is 0.507 e. The number of carbonyl (C=O) groups is 2. The van der Waals surface area contributed by atoms with Crippen molar-refractivity contribution in [3.63, 3.8) is 0 Å².